The molecule has 0 spiro atoms. The van der Waals surface area contributed by atoms with Gasteiger partial charge >= 0.3 is 0 Å². The topological polar surface area (TPSA) is 55.5 Å². The van der Waals surface area contributed by atoms with Crippen molar-refractivity contribution in [1.82, 2.24) is 0 Å². The lowest BCUT2D eigenvalue weighted by molar-refractivity contribution is -0.500. The first kappa shape index (κ1) is 12.7. The second kappa shape index (κ2) is 5.76. The van der Waals surface area contributed by atoms with Crippen LogP contribution in [0.5, 0.6) is 11.5 Å². The number of nitrogens with zero attached hydrogens (tertiary/aromatic N) is 1. The molecule has 0 amide bonds. The first-order chi connectivity index (χ1) is 8.70. The third kappa shape index (κ3) is 2.94. The lowest BCUT2D eigenvalue weighted by Crippen LogP contribution is -2.25. The number of hydroxylamine groups is 1. The van der Waals surface area contributed by atoms with Crippen LogP contribution in [-0.2, 0) is 0 Å². The number of ether oxygens (including phenoxy) is 1. The number of methoxy groups -OCH3 is 1. The van der Waals surface area contributed by atoms with Crippen LogP contribution < -0.4 is 4.74 Å². The largest absolute Gasteiger partial charge is 0.624 e. The molecule has 18 heavy (non-hydrogen) atoms. The molecule has 98 valence electrons. The zero-order valence-corrected chi connectivity index (χ0v) is 10.6. The lowest BCUT2D eigenvalue weighted by Gasteiger charge is -2.20. The van der Waals surface area contributed by atoms with Crippen LogP contribution in [0.4, 0.5) is 0 Å². The van der Waals surface area contributed by atoms with Crippen LogP contribution in [0.15, 0.2) is 18.2 Å². The molecule has 0 bridgehead atoms. The molecule has 1 fully saturated rings. The highest BCUT2D eigenvalue weighted by atomic mass is 16.5. The van der Waals surface area contributed by atoms with Gasteiger partial charge in [0.15, 0.2) is 23.8 Å². The van der Waals surface area contributed by atoms with E-state index in [4.69, 9.17) is 4.74 Å². The Morgan fingerprint density at radius 1 is 1.33 bits per heavy atom. The molecular weight excluding hydrogens is 230 g/mol. The second-order valence-corrected chi connectivity index (χ2v) is 4.71. The normalized spacial score (nSPS) is 17.7. The maximum atomic E-state index is 12.0. The van der Waals surface area contributed by atoms with E-state index in [-0.39, 0.29) is 11.8 Å². The number of benzene rings is 1. The summed E-state index contributed by atoms with van der Waals surface area (Å²) in [7, 11) is 1.49. The van der Waals surface area contributed by atoms with Crippen molar-refractivity contribution in [2.24, 2.45) is 0 Å². The monoisotopic (exact) mass is 249 g/mol. The maximum Gasteiger partial charge on any atom is 0.182 e. The summed E-state index contributed by atoms with van der Waals surface area (Å²) in [5, 5.41) is 21.5. The summed E-state index contributed by atoms with van der Waals surface area (Å²) < 4.78 is 6.07. The minimum absolute atomic E-state index is 0.0877. The van der Waals surface area contributed by atoms with E-state index in [1.54, 1.807) is 24.4 Å². The summed E-state index contributed by atoms with van der Waals surface area (Å²) in [6.07, 6.45) is 7.02. The molecule has 1 N–H and O–H groups in total. The Balaban J connectivity index is 2.15. The summed E-state index contributed by atoms with van der Waals surface area (Å²) in [5.41, 5.74) is 0.755. The number of rotatable bonds is 3. The molecule has 0 radical (unpaired) electrons. The molecule has 1 aromatic rings. The summed E-state index contributed by atoms with van der Waals surface area (Å²) in [6, 6.07) is 5.02. The molecule has 0 aliphatic heterocycles. The van der Waals surface area contributed by atoms with Gasteiger partial charge < -0.3 is 15.1 Å². The van der Waals surface area contributed by atoms with Gasteiger partial charge in [-0.05, 0) is 31.0 Å². The van der Waals surface area contributed by atoms with E-state index >= 15 is 0 Å². The van der Waals surface area contributed by atoms with Crippen LogP contribution in [-0.4, -0.2) is 29.2 Å². The zero-order valence-electron chi connectivity index (χ0n) is 10.6. The maximum absolute atomic E-state index is 12.0. The minimum atomic E-state index is 0.0877. The zero-order chi connectivity index (χ0) is 13.0. The SMILES string of the molecule is COc1cc(/C=[N+](/[O-])C2CCCCC2)ccc1O. The van der Waals surface area contributed by atoms with Gasteiger partial charge in [0.25, 0.3) is 0 Å². The van der Waals surface area contributed by atoms with E-state index < -0.39 is 0 Å². The first-order valence-electron chi connectivity index (χ1n) is 6.38. The molecule has 0 unspecified atom stereocenters. The molecule has 1 aliphatic rings. The Kier molecular flexibility index (Phi) is 4.07. The third-order valence-electron chi connectivity index (χ3n) is 3.41. The Hall–Kier alpha value is -1.71. The summed E-state index contributed by atoms with van der Waals surface area (Å²) in [4.78, 5) is 0. The van der Waals surface area contributed by atoms with Crippen LogP contribution >= 0.6 is 0 Å². The molecule has 1 aromatic carbocycles. The summed E-state index contributed by atoms with van der Waals surface area (Å²) in [5.74, 6) is 0.477. The molecule has 4 heteroatoms. The van der Waals surface area contributed by atoms with Gasteiger partial charge in [-0.15, -0.1) is 0 Å². The first-order valence-corrected chi connectivity index (χ1v) is 6.38. The van der Waals surface area contributed by atoms with Crippen LogP contribution in [0, 0.1) is 5.21 Å². The van der Waals surface area contributed by atoms with E-state index in [2.05, 4.69) is 0 Å². The summed E-state index contributed by atoms with van der Waals surface area (Å²) in [6.45, 7) is 0. The fraction of sp³-hybridized carbons (Fsp3) is 0.500. The van der Waals surface area contributed by atoms with Gasteiger partial charge in [0.1, 0.15) is 0 Å². The Morgan fingerprint density at radius 3 is 2.72 bits per heavy atom. The van der Waals surface area contributed by atoms with Crippen molar-refractivity contribution in [1.29, 1.82) is 0 Å². The Labute approximate surface area is 107 Å². The van der Waals surface area contributed by atoms with E-state index in [1.807, 2.05) is 0 Å². The molecular formula is C14H19NO3. The highest BCUT2D eigenvalue weighted by Crippen LogP contribution is 2.26. The molecule has 0 aromatic heterocycles. The molecule has 4 nitrogen and oxygen atoms in total. The van der Waals surface area contributed by atoms with Gasteiger partial charge in [-0.2, -0.15) is 0 Å². The third-order valence-corrected chi connectivity index (χ3v) is 3.41. The quantitative estimate of drug-likeness (QED) is 0.388. The number of phenolic OH excluding ortho intramolecular Hbond substituents is 1. The number of aromatic hydroxyl groups is 1. The van der Waals surface area contributed by atoms with Gasteiger partial charge in [-0.25, -0.2) is 4.74 Å². The molecule has 1 aliphatic carbocycles. The minimum Gasteiger partial charge on any atom is -0.624 e. The van der Waals surface area contributed by atoms with Crippen molar-refractivity contribution < 1.29 is 14.6 Å². The van der Waals surface area contributed by atoms with Gasteiger partial charge in [0.2, 0.25) is 0 Å². The molecule has 2 rings (SSSR count). The van der Waals surface area contributed by atoms with Gasteiger partial charge in [-0.1, -0.05) is 6.42 Å². The molecule has 0 saturated heterocycles. The second-order valence-electron chi connectivity index (χ2n) is 4.71. The van der Waals surface area contributed by atoms with Gasteiger partial charge in [0, 0.05) is 18.4 Å². The van der Waals surface area contributed by atoms with Crippen LogP contribution in [0.25, 0.3) is 0 Å². The molecule has 0 heterocycles. The molecule has 1 saturated carbocycles. The van der Waals surface area contributed by atoms with Crippen molar-refractivity contribution in [3.63, 3.8) is 0 Å². The van der Waals surface area contributed by atoms with Crippen molar-refractivity contribution in [3.8, 4) is 11.5 Å². The van der Waals surface area contributed by atoms with Crippen molar-refractivity contribution in [2.75, 3.05) is 7.11 Å². The predicted molar refractivity (Wildman–Crippen MR) is 70.3 cm³/mol. The Bertz CT molecular complexity index is 437. The number of hydrogen-bond acceptors (Lipinski definition) is 3. The van der Waals surface area contributed by atoms with Crippen LogP contribution in [0.1, 0.15) is 37.7 Å². The fourth-order valence-electron chi connectivity index (χ4n) is 2.36. The van der Waals surface area contributed by atoms with E-state index in [9.17, 15) is 10.3 Å². The van der Waals surface area contributed by atoms with Gasteiger partial charge in [-0.3, -0.25) is 0 Å². The van der Waals surface area contributed by atoms with Crippen molar-refractivity contribution in [3.05, 3.63) is 29.0 Å². The predicted octanol–water partition coefficient (Wildman–Crippen LogP) is 2.66. The smallest absolute Gasteiger partial charge is 0.182 e. The van der Waals surface area contributed by atoms with E-state index in [1.165, 1.54) is 13.5 Å². The number of phenols is 1. The van der Waals surface area contributed by atoms with Crippen molar-refractivity contribution >= 4 is 6.21 Å². The standard InChI is InChI=1S/C14H19NO3/c1-18-14-9-11(7-8-13(14)16)10-15(17)12-5-3-2-4-6-12/h7-10,12,16H,2-6H2,1H3/b15-10+. The number of hydrogen-bond donors (Lipinski definition) is 1. The summed E-state index contributed by atoms with van der Waals surface area (Å²) >= 11 is 0. The average molecular weight is 249 g/mol. The fourth-order valence-corrected chi connectivity index (χ4v) is 2.36. The molecule has 0 atom stereocenters. The van der Waals surface area contributed by atoms with Crippen LogP contribution in [0.3, 0.4) is 0 Å². The lowest BCUT2D eigenvalue weighted by atomic mass is 9.96. The average Bonchev–Trinajstić information content (AvgIpc) is 2.42. The van der Waals surface area contributed by atoms with E-state index in [0.29, 0.717) is 5.75 Å². The highest BCUT2D eigenvalue weighted by Gasteiger charge is 2.19. The van der Waals surface area contributed by atoms with Crippen molar-refractivity contribution in [2.45, 2.75) is 38.1 Å². The van der Waals surface area contributed by atoms with Crippen LogP contribution in [0.2, 0.25) is 0 Å². The highest BCUT2D eigenvalue weighted by molar-refractivity contribution is 5.77. The van der Waals surface area contributed by atoms with Gasteiger partial charge in [0.05, 0.1) is 7.11 Å². The van der Waals surface area contributed by atoms with E-state index in [0.717, 1.165) is 36.0 Å². The Morgan fingerprint density at radius 2 is 2.06 bits per heavy atom.